The molecule has 0 aromatic heterocycles. The fourth-order valence-corrected chi connectivity index (χ4v) is 4.36. The van der Waals surface area contributed by atoms with Gasteiger partial charge in [-0.3, -0.25) is 9.69 Å². The van der Waals surface area contributed by atoms with Crippen LogP contribution in [0.1, 0.15) is 29.8 Å². The van der Waals surface area contributed by atoms with E-state index in [1.807, 2.05) is 13.8 Å². The molecule has 1 fully saturated rings. The SMILES string of the molecule is C#CCOc1c(Cl)cc(/C=C2/SC(=Nc3cccc(C(=O)O)c3)N(CC)C2=O)cc1OCC. The number of amidine groups is 1. The summed E-state index contributed by atoms with van der Waals surface area (Å²) in [6.07, 6.45) is 6.97. The van der Waals surface area contributed by atoms with E-state index in [0.717, 1.165) is 0 Å². The van der Waals surface area contributed by atoms with Crippen LogP contribution in [0.25, 0.3) is 6.08 Å². The van der Waals surface area contributed by atoms with E-state index in [0.29, 0.717) is 51.0 Å². The number of thioether (sulfide) groups is 1. The Hall–Kier alpha value is -3.41. The Labute approximate surface area is 201 Å². The van der Waals surface area contributed by atoms with Gasteiger partial charge in [-0.25, -0.2) is 9.79 Å². The predicted molar refractivity (Wildman–Crippen MR) is 130 cm³/mol. The third kappa shape index (κ3) is 5.69. The van der Waals surface area contributed by atoms with E-state index in [2.05, 4.69) is 10.9 Å². The second kappa shape index (κ2) is 10.9. The smallest absolute Gasteiger partial charge is 0.335 e. The average molecular weight is 485 g/mol. The van der Waals surface area contributed by atoms with E-state index < -0.39 is 5.97 Å². The topological polar surface area (TPSA) is 88.4 Å². The lowest BCUT2D eigenvalue weighted by atomic mass is 10.1. The van der Waals surface area contributed by atoms with Gasteiger partial charge in [0.15, 0.2) is 16.7 Å². The summed E-state index contributed by atoms with van der Waals surface area (Å²) in [5.74, 6) is 1.91. The molecule has 0 bridgehead atoms. The summed E-state index contributed by atoms with van der Waals surface area (Å²) in [7, 11) is 0. The number of likely N-dealkylation sites (N-methyl/N-ethyl adjacent to an activating group) is 1. The molecule has 33 heavy (non-hydrogen) atoms. The molecule has 0 atom stereocenters. The van der Waals surface area contributed by atoms with Gasteiger partial charge in [0.25, 0.3) is 5.91 Å². The molecular formula is C24H21ClN2O5S. The molecule has 0 spiro atoms. The summed E-state index contributed by atoms with van der Waals surface area (Å²) < 4.78 is 11.1. The number of carboxylic acids is 1. The van der Waals surface area contributed by atoms with Crippen LogP contribution in [-0.4, -0.2) is 46.8 Å². The van der Waals surface area contributed by atoms with Crippen LogP contribution in [0.15, 0.2) is 46.3 Å². The molecule has 170 valence electrons. The van der Waals surface area contributed by atoms with Crippen molar-refractivity contribution in [3.63, 3.8) is 0 Å². The summed E-state index contributed by atoms with van der Waals surface area (Å²) in [4.78, 5) is 30.7. The van der Waals surface area contributed by atoms with Gasteiger partial charge in [-0.05, 0) is 67.6 Å². The summed E-state index contributed by atoms with van der Waals surface area (Å²) in [5.41, 5.74) is 1.22. The van der Waals surface area contributed by atoms with Crippen LogP contribution in [0.5, 0.6) is 11.5 Å². The number of halogens is 1. The summed E-state index contributed by atoms with van der Waals surface area (Å²) in [6, 6.07) is 9.63. The third-order valence-electron chi connectivity index (χ3n) is 4.45. The fraction of sp³-hybridized carbons (Fsp3) is 0.208. The van der Waals surface area contributed by atoms with E-state index >= 15 is 0 Å². The minimum atomic E-state index is -1.04. The number of nitrogens with zero attached hydrogens (tertiary/aromatic N) is 2. The van der Waals surface area contributed by atoms with Gasteiger partial charge in [0.05, 0.1) is 27.8 Å². The van der Waals surface area contributed by atoms with Gasteiger partial charge < -0.3 is 14.6 Å². The minimum absolute atomic E-state index is 0.0446. The molecule has 1 saturated heterocycles. The maximum absolute atomic E-state index is 13.0. The molecule has 9 heteroatoms. The zero-order chi connectivity index (χ0) is 24.0. The normalized spacial score (nSPS) is 15.7. The molecule has 7 nitrogen and oxygen atoms in total. The molecule has 0 aliphatic carbocycles. The van der Waals surface area contributed by atoms with Crippen LogP contribution in [-0.2, 0) is 4.79 Å². The zero-order valence-electron chi connectivity index (χ0n) is 18.0. The highest BCUT2D eigenvalue weighted by Gasteiger charge is 2.32. The van der Waals surface area contributed by atoms with Crippen molar-refractivity contribution in [3.05, 3.63) is 57.5 Å². The van der Waals surface area contributed by atoms with Crippen LogP contribution in [0, 0.1) is 12.3 Å². The molecule has 0 radical (unpaired) electrons. The van der Waals surface area contributed by atoms with Gasteiger partial charge >= 0.3 is 5.97 Å². The van der Waals surface area contributed by atoms with Crippen molar-refractivity contribution in [2.45, 2.75) is 13.8 Å². The van der Waals surface area contributed by atoms with E-state index in [-0.39, 0.29) is 18.1 Å². The Kier molecular flexibility index (Phi) is 8.04. The molecule has 0 saturated carbocycles. The van der Waals surface area contributed by atoms with Crippen molar-refractivity contribution >= 4 is 52.2 Å². The first kappa shape index (κ1) is 24.2. The summed E-state index contributed by atoms with van der Waals surface area (Å²) >= 11 is 7.58. The number of amides is 1. The molecule has 3 rings (SSSR count). The molecular weight excluding hydrogens is 464 g/mol. The number of benzene rings is 2. The van der Waals surface area contributed by atoms with Gasteiger partial charge in [-0.15, -0.1) is 6.42 Å². The maximum atomic E-state index is 13.0. The van der Waals surface area contributed by atoms with E-state index in [1.165, 1.54) is 28.8 Å². The Morgan fingerprint density at radius 2 is 2.09 bits per heavy atom. The fourth-order valence-electron chi connectivity index (χ4n) is 3.03. The average Bonchev–Trinajstić information content (AvgIpc) is 3.07. The van der Waals surface area contributed by atoms with Crippen LogP contribution in [0.4, 0.5) is 5.69 Å². The van der Waals surface area contributed by atoms with E-state index in [4.69, 9.17) is 27.5 Å². The van der Waals surface area contributed by atoms with Crippen molar-refractivity contribution in [1.82, 2.24) is 4.90 Å². The highest BCUT2D eigenvalue weighted by atomic mass is 35.5. The van der Waals surface area contributed by atoms with Crippen molar-refractivity contribution in [3.8, 4) is 23.8 Å². The first-order valence-electron chi connectivity index (χ1n) is 10.0. The Morgan fingerprint density at radius 1 is 1.30 bits per heavy atom. The number of carboxylic acid groups (broad SMARTS) is 1. The second-order valence-electron chi connectivity index (χ2n) is 6.67. The highest BCUT2D eigenvalue weighted by Crippen LogP contribution is 2.39. The zero-order valence-corrected chi connectivity index (χ0v) is 19.6. The highest BCUT2D eigenvalue weighted by molar-refractivity contribution is 8.18. The van der Waals surface area contributed by atoms with Gasteiger partial charge in [0.2, 0.25) is 0 Å². The van der Waals surface area contributed by atoms with Crippen LogP contribution in [0.3, 0.4) is 0 Å². The van der Waals surface area contributed by atoms with Crippen molar-refractivity contribution in [1.29, 1.82) is 0 Å². The molecule has 2 aromatic carbocycles. The number of hydrogen-bond donors (Lipinski definition) is 1. The monoisotopic (exact) mass is 484 g/mol. The number of carbonyl (C=O) groups is 2. The quantitative estimate of drug-likeness (QED) is 0.415. The molecule has 1 aliphatic heterocycles. The first-order valence-corrected chi connectivity index (χ1v) is 11.2. The molecule has 1 N–H and O–H groups in total. The Bertz CT molecular complexity index is 1190. The lowest BCUT2D eigenvalue weighted by Crippen LogP contribution is -2.28. The van der Waals surface area contributed by atoms with Gasteiger partial charge in [0, 0.05) is 6.54 Å². The van der Waals surface area contributed by atoms with Gasteiger partial charge in [-0.2, -0.15) is 0 Å². The molecule has 1 amide bonds. The first-order chi connectivity index (χ1) is 15.9. The number of hydrogen-bond acceptors (Lipinski definition) is 6. The Balaban J connectivity index is 1.96. The number of aliphatic imine (C=N–C) groups is 1. The largest absolute Gasteiger partial charge is 0.490 e. The lowest BCUT2D eigenvalue weighted by molar-refractivity contribution is -0.122. The summed E-state index contributed by atoms with van der Waals surface area (Å²) in [6.45, 7) is 4.52. The van der Waals surface area contributed by atoms with Crippen molar-refractivity contribution < 1.29 is 24.2 Å². The van der Waals surface area contributed by atoms with Crippen molar-refractivity contribution in [2.24, 2.45) is 4.99 Å². The molecule has 2 aromatic rings. The van der Waals surface area contributed by atoms with Crippen LogP contribution >= 0.6 is 23.4 Å². The van der Waals surface area contributed by atoms with Crippen molar-refractivity contribution in [2.75, 3.05) is 19.8 Å². The van der Waals surface area contributed by atoms with Gasteiger partial charge in [-0.1, -0.05) is 23.6 Å². The van der Waals surface area contributed by atoms with E-state index in [9.17, 15) is 14.7 Å². The molecule has 1 aliphatic rings. The molecule has 1 heterocycles. The third-order valence-corrected chi connectivity index (χ3v) is 5.74. The number of ether oxygens (including phenoxy) is 2. The van der Waals surface area contributed by atoms with Crippen LogP contribution in [0.2, 0.25) is 5.02 Å². The number of carbonyl (C=O) groups excluding carboxylic acids is 1. The minimum Gasteiger partial charge on any atom is -0.490 e. The number of aromatic carboxylic acids is 1. The maximum Gasteiger partial charge on any atom is 0.335 e. The van der Waals surface area contributed by atoms with Gasteiger partial charge in [0.1, 0.15) is 6.61 Å². The Morgan fingerprint density at radius 3 is 2.76 bits per heavy atom. The lowest BCUT2D eigenvalue weighted by Gasteiger charge is -2.13. The van der Waals surface area contributed by atoms with Crippen LogP contribution < -0.4 is 9.47 Å². The number of terminal acetylenes is 1. The summed E-state index contributed by atoms with van der Waals surface area (Å²) in [5, 5.41) is 9.97. The second-order valence-corrected chi connectivity index (χ2v) is 8.08. The predicted octanol–water partition coefficient (Wildman–Crippen LogP) is 5.07. The number of rotatable bonds is 8. The standard InChI is InChI=1S/C24H21ClN2O5S/c1-4-10-32-21-18(25)11-15(12-19(21)31-6-3)13-20-22(28)27(5-2)24(33-20)26-17-9-7-8-16(14-17)23(29)30/h1,7-9,11-14H,5-6,10H2,2-3H3,(H,29,30)/b20-13+,26-24?. The molecule has 0 unspecified atom stereocenters. The van der Waals surface area contributed by atoms with E-state index in [1.54, 1.807) is 30.3 Å².